The summed E-state index contributed by atoms with van der Waals surface area (Å²) in [5.74, 6) is 0.698. The highest BCUT2D eigenvalue weighted by molar-refractivity contribution is 7.87. The van der Waals surface area contributed by atoms with Crippen LogP contribution in [0.3, 0.4) is 0 Å². The van der Waals surface area contributed by atoms with Crippen LogP contribution in [0, 0.1) is 0 Å². The average Bonchev–Trinajstić information content (AvgIpc) is 2.99. The van der Waals surface area contributed by atoms with Crippen molar-refractivity contribution in [1.82, 2.24) is 19.2 Å². The lowest BCUT2D eigenvalue weighted by molar-refractivity contribution is 0.412. The number of rotatable bonds is 7. The average molecular weight is 310 g/mol. The van der Waals surface area contributed by atoms with Crippen molar-refractivity contribution in [3.63, 3.8) is 0 Å². The molecule has 0 radical (unpaired) electrons. The first-order valence-electron chi connectivity index (χ1n) is 6.33. The summed E-state index contributed by atoms with van der Waals surface area (Å²) in [7, 11) is -0.462. The van der Waals surface area contributed by atoms with Crippen molar-refractivity contribution in [1.29, 1.82) is 0 Å². The van der Waals surface area contributed by atoms with Gasteiger partial charge in [0.2, 0.25) is 0 Å². The first-order valence-corrected chi connectivity index (χ1v) is 7.77. The molecule has 0 bridgehead atoms. The van der Waals surface area contributed by atoms with E-state index < -0.39 is 10.2 Å². The molecule has 2 aromatic rings. The van der Waals surface area contributed by atoms with E-state index >= 15 is 0 Å². The van der Waals surface area contributed by atoms with Crippen LogP contribution in [0.25, 0.3) is 0 Å². The van der Waals surface area contributed by atoms with E-state index in [1.54, 1.807) is 25.4 Å². The fraction of sp³-hybridized carbons (Fsp3) is 0.308. The van der Waals surface area contributed by atoms with E-state index in [1.807, 2.05) is 18.2 Å². The summed E-state index contributed by atoms with van der Waals surface area (Å²) in [6, 6.07) is 9.01. The number of nitrogens with one attached hydrogen (secondary N) is 2. The molecule has 1 heterocycles. The van der Waals surface area contributed by atoms with Gasteiger partial charge in [-0.25, -0.2) is 0 Å². The Bertz CT molecular complexity index is 670. The molecule has 1 aromatic carbocycles. The molecule has 0 unspecified atom stereocenters. The molecule has 0 saturated heterocycles. The highest BCUT2D eigenvalue weighted by atomic mass is 32.2. The van der Waals surface area contributed by atoms with Gasteiger partial charge in [-0.2, -0.15) is 22.5 Å². The van der Waals surface area contributed by atoms with Gasteiger partial charge in [-0.05, 0) is 23.8 Å². The van der Waals surface area contributed by atoms with Crippen molar-refractivity contribution in [2.75, 3.05) is 14.2 Å². The third-order valence-electron chi connectivity index (χ3n) is 2.95. The van der Waals surface area contributed by atoms with Crippen molar-refractivity contribution in [3.8, 4) is 5.75 Å². The Hall–Kier alpha value is -1.90. The Labute approximate surface area is 124 Å². The number of hydrogen-bond acceptors (Lipinski definition) is 4. The molecule has 21 heavy (non-hydrogen) atoms. The molecule has 0 amide bonds. The summed E-state index contributed by atoms with van der Waals surface area (Å²) in [5, 5.41) is 6.47. The van der Waals surface area contributed by atoms with Crippen molar-refractivity contribution in [3.05, 3.63) is 47.8 Å². The van der Waals surface area contributed by atoms with Crippen LogP contribution >= 0.6 is 0 Å². The molecule has 8 heteroatoms. The molecule has 2 rings (SSSR count). The molecular weight excluding hydrogens is 292 g/mol. The number of benzene rings is 1. The second-order valence-electron chi connectivity index (χ2n) is 4.52. The van der Waals surface area contributed by atoms with Crippen LogP contribution in [0.4, 0.5) is 0 Å². The standard InChI is InChI=1S/C13H18N4O3S/c1-17(10-11-4-3-5-13(8-11)20-2)21(18,19)15-9-12-6-7-14-16-12/h3-8,15H,9-10H2,1-2H3,(H,14,16). The Morgan fingerprint density at radius 3 is 2.86 bits per heavy atom. The van der Waals surface area contributed by atoms with Gasteiger partial charge >= 0.3 is 0 Å². The number of aromatic nitrogens is 2. The van der Waals surface area contributed by atoms with Crippen molar-refractivity contribution < 1.29 is 13.2 Å². The maximum atomic E-state index is 12.1. The Balaban J connectivity index is 1.98. The SMILES string of the molecule is COc1cccc(CN(C)S(=O)(=O)NCc2ccn[nH]2)c1. The van der Waals surface area contributed by atoms with E-state index in [1.165, 1.54) is 11.4 Å². The molecule has 0 aliphatic rings. The topological polar surface area (TPSA) is 87.3 Å². The molecule has 2 N–H and O–H groups in total. The lowest BCUT2D eigenvalue weighted by Gasteiger charge is -2.17. The zero-order valence-electron chi connectivity index (χ0n) is 11.9. The van der Waals surface area contributed by atoms with Gasteiger partial charge < -0.3 is 4.74 Å². The predicted octanol–water partition coefficient (Wildman–Crippen LogP) is 0.885. The van der Waals surface area contributed by atoms with Crippen LogP contribution in [0.5, 0.6) is 5.75 Å². The van der Waals surface area contributed by atoms with Crippen molar-refractivity contribution >= 4 is 10.2 Å². The second-order valence-corrected chi connectivity index (χ2v) is 6.38. The predicted molar refractivity (Wildman–Crippen MR) is 78.8 cm³/mol. The normalized spacial score (nSPS) is 11.8. The molecule has 0 aliphatic heterocycles. The lowest BCUT2D eigenvalue weighted by atomic mass is 10.2. The van der Waals surface area contributed by atoms with E-state index in [-0.39, 0.29) is 13.1 Å². The summed E-state index contributed by atoms with van der Waals surface area (Å²) in [6.45, 7) is 0.431. The van der Waals surface area contributed by atoms with E-state index in [4.69, 9.17) is 4.74 Å². The van der Waals surface area contributed by atoms with Crippen LogP contribution in [0.1, 0.15) is 11.3 Å². The minimum atomic E-state index is -3.56. The number of ether oxygens (including phenoxy) is 1. The van der Waals surface area contributed by atoms with Gasteiger partial charge in [0.1, 0.15) is 5.75 Å². The highest BCUT2D eigenvalue weighted by Gasteiger charge is 2.17. The Kier molecular flexibility index (Phi) is 4.94. The first kappa shape index (κ1) is 15.5. The Morgan fingerprint density at radius 2 is 2.19 bits per heavy atom. The molecule has 1 aromatic heterocycles. The molecular formula is C13H18N4O3S. The summed E-state index contributed by atoms with van der Waals surface area (Å²) in [4.78, 5) is 0. The monoisotopic (exact) mass is 310 g/mol. The summed E-state index contributed by atoms with van der Waals surface area (Å²) < 4.78 is 33.1. The fourth-order valence-corrected chi connectivity index (χ4v) is 2.65. The van der Waals surface area contributed by atoms with Gasteiger partial charge in [-0.1, -0.05) is 12.1 Å². The van der Waals surface area contributed by atoms with Crippen molar-refractivity contribution in [2.45, 2.75) is 13.1 Å². The summed E-state index contributed by atoms with van der Waals surface area (Å²) >= 11 is 0. The van der Waals surface area contributed by atoms with Crippen molar-refractivity contribution in [2.24, 2.45) is 0 Å². The molecule has 0 spiro atoms. The molecule has 0 saturated carbocycles. The Morgan fingerprint density at radius 1 is 1.38 bits per heavy atom. The van der Waals surface area contributed by atoms with E-state index in [9.17, 15) is 8.42 Å². The van der Waals surface area contributed by atoms with Crippen LogP contribution in [-0.4, -0.2) is 37.1 Å². The van der Waals surface area contributed by atoms with Crippen LogP contribution in [0.15, 0.2) is 36.5 Å². The molecule has 0 atom stereocenters. The van der Waals surface area contributed by atoms with E-state index in [2.05, 4.69) is 14.9 Å². The number of methoxy groups -OCH3 is 1. The van der Waals surface area contributed by atoms with E-state index in [0.29, 0.717) is 11.4 Å². The largest absolute Gasteiger partial charge is 0.497 e. The van der Waals surface area contributed by atoms with Gasteiger partial charge in [0.15, 0.2) is 0 Å². The number of nitrogens with zero attached hydrogens (tertiary/aromatic N) is 2. The van der Waals surface area contributed by atoms with Gasteiger partial charge in [-0.3, -0.25) is 5.10 Å². The molecule has 0 aliphatic carbocycles. The zero-order valence-corrected chi connectivity index (χ0v) is 12.7. The lowest BCUT2D eigenvalue weighted by Crippen LogP contribution is -2.37. The van der Waals surface area contributed by atoms with Crippen LogP contribution < -0.4 is 9.46 Å². The molecule has 7 nitrogen and oxygen atoms in total. The van der Waals surface area contributed by atoms with Gasteiger partial charge in [-0.15, -0.1) is 0 Å². The number of aromatic amines is 1. The molecule has 0 fully saturated rings. The quantitative estimate of drug-likeness (QED) is 0.795. The summed E-state index contributed by atoms with van der Waals surface area (Å²) in [6.07, 6.45) is 1.57. The van der Waals surface area contributed by atoms with Gasteiger partial charge in [0.25, 0.3) is 10.2 Å². The van der Waals surface area contributed by atoms with Gasteiger partial charge in [0, 0.05) is 19.8 Å². The zero-order chi connectivity index (χ0) is 15.3. The minimum absolute atomic E-state index is 0.171. The second kappa shape index (κ2) is 6.70. The van der Waals surface area contributed by atoms with Gasteiger partial charge in [0.05, 0.1) is 19.3 Å². The maximum absolute atomic E-state index is 12.1. The van der Waals surface area contributed by atoms with E-state index in [0.717, 1.165) is 5.56 Å². The number of H-pyrrole nitrogens is 1. The van der Waals surface area contributed by atoms with Crippen LogP contribution in [-0.2, 0) is 23.3 Å². The number of hydrogen-bond donors (Lipinski definition) is 2. The highest BCUT2D eigenvalue weighted by Crippen LogP contribution is 2.14. The first-order chi connectivity index (χ1) is 10.0. The fourth-order valence-electron chi connectivity index (χ4n) is 1.78. The summed E-state index contributed by atoms with van der Waals surface area (Å²) in [5.41, 5.74) is 1.55. The molecule has 114 valence electrons. The third kappa shape index (κ3) is 4.28. The van der Waals surface area contributed by atoms with Crippen LogP contribution in [0.2, 0.25) is 0 Å². The maximum Gasteiger partial charge on any atom is 0.279 e. The smallest absolute Gasteiger partial charge is 0.279 e. The third-order valence-corrected chi connectivity index (χ3v) is 4.41. The minimum Gasteiger partial charge on any atom is -0.497 e.